The van der Waals surface area contributed by atoms with Gasteiger partial charge in [0, 0.05) is 28.8 Å². The molecule has 0 aliphatic heterocycles. The van der Waals surface area contributed by atoms with E-state index in [1.165, 1.54) is 0 Å². The van der Waals surface area contributed by atoms with Gasteiger partial charge in [-0.05, 0) is 62.6 Å². The number of nitrogens with one attached hydrogen (secondary N) is 1. The van der Waals surface area contributed by atoms with E-state index in [9.17, 15) is 0 Å². The molecular formula is C21H27Cl2NO3. The van der Waals surface area contributed by atoms with Gasteiger partial charge in [-0.15, -0.1) is 0 Å². The third-order valence-corrected chi connectivity index (χ3v) is 4.63. The maximum atomic E-state index is 8.79. The molecular weight excluding hydrogens is 385 g/mol. The summed E-state index contributed by atoms with van der Waals surface area (Å²) >= 11 is 12.1. The Labute approximate surface area is 171 Å². The second kappa shape index (κ2) is 12.1. The van der Waals surface area contributed by atoms with E-state index >= 15 is 0 Å². The Hall–Kier alpha value is -1.46. The molecule has 2 aromatic rings. The van der Waals surface area contributed by atoms with Crippen LogP contribution in [0.2, 0.25) is 10.0 Å². The van der Waals surface area contributed by atoms with Crippen LogP contribution in [0.25, 0.3) is 0 Å². The Kier molecular flexibility index (Phi) is 9.78. The third kappa shape index (κ3) is 7.59. The Morgan fingerprint density at radius 3 is 2.56 bits per heavy atom. The number of hydrogen-bond acceptors (Lipinski definition) is 4. The molecule has 0 saturated carbocycles. The zero-order valence-electron chi connectivity index (χ0n) is 15.6. The molecule has 4 nitrogen and oxygen atoms in total. The van der Waals surface area contributed by atoms with Crippen molar-refractivity contribution in [3.63, 3.8) is 0 Å². The highest BCUT2D eigenvalue weighted by Gasteiger charge is 2.09. The number of unbranched alkanes of at least 4 members (excludes halogenated alkanes) is 2. The lowest BCUT2D eigenvalue weighted by Crippen LogP contribution is -2.15. The van der Waals surface area contributed by atoms with Crippen molar-refractivity contribution in [3.05, 3.63) is 57.6 Å². The van der Waals surface area contributed by atoms with Crippen molar-refractivity contribution in [2.24, 2.45) is 0 Å². The molecule has 0 aromatic heterocycles. The summed E-state index contributed by atoms with van der Waals surface area (Å²) in [6, 6.07) is 11.3. The number of aliphatic hydroxyl groups excluding tert-OH is 1. The molecule has 0 unspecified atom stereocenters. The summed E-state index contributed by atoms with van der Waals surface area (Å²) in [5.74, 6) is 1.41. The highest BCUT2D eigenvalue weighted by molar-refractivity contribution is 6.35. The zero-order valence-corrected chi connectivity index (χ0v) is 17.2. The van der Waals surface area contributed by atoms with E-state index in [2.05, 4.69) is 5.32 Å². The lowest BCUT2D eigenvalue weighted by molar-refractivity contribution is 0.269. The van der Waals surface area contributed by atoms with Gasteiger partial charge in [-0.2, -0.15) is 0 Å². The summed E-state index contributed by atoms with van der Waals surface area (Å²) in [7, 11) is 0. The van der Waals surface area contributed by atoms with Crippen LogP contribution >= 0.6 is 23.2 Å². The molecule has 148 valence electrons. The second-order valence-corrected chi connectivity index (χ2v) is 7.04. The van der Waals surface area contributed by atoms with E-state index in [0.29, 0.717) is 29.0 Å². The summed E-state index contributed by atoms with van der Waals surface area (Å²) in [5.41, 5.74) is 2.01. The zero-order chi connectivity index (χ0) is 19.5. The minimum Gasteiger partial charge on any atom is -0.490 e. The van der Waals surface area contributed by atoms with Crippen LogP contribution in [0.1, 0.15) is 37.3 Å². The number of benzene rings is 2. The lowest BCUT2D eigenvalue weighted by Gasteiger charge is -2.14. The predicted molar refractivity (Wildman–Crippen MR) is 111 cm³/mol. The Morgan fingerprint density at radius 2 is 1.81 bits per heavy atom. The fourth-order valence-electron chi connectivity index (χ4n) is 2.62. The van der Waals surface area contributed by atoms with Crippen molar-refractivity contribution in [1.29, 1.82) is 0 Å². The van der Waals surface area contributed by atoms with Crippen molar-refractivity contribution < 1.29 is 14.6 Å². The van der Waals surface area contributed by atoms with Crippen LogP contribution < -0.4 is 14.8 Å². The van der Waals surface area contributed by atoms with Gasteiger partial charge >= 0.3 is 0 Å². The lowest BCUT2D eigenvalue weighted by atomic mass is 10.2. The van der Waals surface area contributed by atoms with Gasteiger partial charge in [0.1, 0.15) is 6.61 Å². The van der Waals surface area contributed by atoms with E-state index in [-0.39, 0.29) is 6.61 Å². The van der Waals surface area contributed by atoms with Gasteiger partial charge in [-0.1, -0.05) is 35.3 Å². The molecule has 0 heterocycles. The van der Waals surface area contributed by atoms with E-state index in [1.807, 2.05) is 31.2 Å². The molecule has 2 aromatic carbocycles. The standard InChI is InChI=1S/C21H27Cl2NO3/c1-2-26-21-12-16(14-24-10-4-3-5-11-25)6-9-20(21)27-15-17-7-8-18(22)13-19(17)23/h6-9,12-13,24-25H,2-5,10-11,14-15H2,1H3. The van der Waals surface area contributed by atoms with Crippen molar-refractivity contribution in [2.75, 3.05) is 19.8 Å². The average Bonchev–Trinajstić information content (AvgIpc) is 2.65. The molecule has 0 fully saturated rings. The van der Waals surface area contributed by atoms with Gasteiger partial charge < -0.3 is 19.9 Å². The largest absolute Gasteiger partial charge is 0.490 e. The van der Waals surface area contributed by atoms with E-state index in [1.54, 1.807) is 12.1 Å². The van der Waals surface area contributed by atoms with Crippen LogP contribution in [-0.2, 0) is 13.2 Å². The highest BCUT2D eigenvalue weighted by Crippen LogP contribution is 2.30. The molecule has 0 saturated heterocycles. The molecule has 27 heavy (non-hydrogen) atoms. The van der Waals surface area contributed by atoms with Crippen LogP contribution in [0.5, 0.6) is 11.5 Å². The molecule has 2 N–H and O–H groups in total. The van der Waals surface area contributed by atoms with Gasteiger partial charge in [0.15, 0.2) is 11.5 Å². The summed E-state index contributed by atoms with van der Waals surface area (Å²) in [6.45, 7) is 4.82. The van der Waals surface area contributed by atoms with Gasteiger partial charge in [0.25, 0.3) is 0 Å². The van der Waals surface area contributed by atoms with E-state index in [0.717, 1.165) is 49.2 Å². The first-order valence-corrected chi connectivity index (χ1v) is 10.0. The topological polar surface area (TPSA) is 50.7 Å². The minimum absolute atomic E-state index is 0.264. The minimum atomic E-state index is 0.264. The van der Waals surface area contributed by atoms with E-state index in [4.69, 9.17) is 37.8 Å². The number of hydrogen-bond donors (Lipinski definition) is 2. The number of rotatable bonds is 12. The number of halogens is 2. The molecule has 0 atom stereocenters. The normalized spacial score (nSPS) is 10.8. The third-order valence-electron chi connectivity index (χ3n) is 4.05. The van der Waals surface area contributed by atoms with Crippen molar-refractivity contribution >= 4 is 23.2 Å². The van der Waals surface area contributed by atoms with Gasteiger partial charge in [0.2, 0.25) is 0 Å². The molecule has 2 rings (SSSR count). The van der Waals surface area contributed by atoms with Crippen molar-refractivity contribution in [2.45, 2.75) is 39.3 Å². The number of aliphatic hydroxyl groups is 1. The van der Waals surface area contributed by atoms with Crippen LogP contribution in [0, 0.1) is 0 Å². The molecule has 0 amide bonds. The van der Waals surface area contributed by atoms with Crippen LogP contribution in [0.4, 0.5) is 0 Å². The molecule has 0 bridgehead atoms. The highest BCUT2D eigenvalue weighted by atomic mass is 35.5. The van der Waals surface area contributed by atoms with E-state index < -0.39 is 0 Å². The van der Waals surface area contributed by atoms with Crippen molar-refractivity contribution in [3.8, 4) is 11.5 Å². The smallest absolute Gasteiger partial charge is 0.161 e. The first-order valence-electron chi connectivity index (χ1n) is 9.28. The predicted octanol–water partition coefficient (Wildman–Crippen LogP) is 5.22. The second-order valence-electron chi connectivity index (χ2n) is 6.20. The van der Waals surface area contributed by atoms with Gasteiger partial charge in [-0.3, -0.25) is 0 Å². The average molecular weight is 412 g/mol. The monoisotopic (exact) mass is 411 g/mol. The fourth-order valence-corrected chi connectivity index (χ4v) is 3.08. The summed E-state index contributed by atoms with van der Waals surface area (Å²) in [4.78, 5) is 0. The molecule has 0 aliphatic carbocycles. The van der Waals surface area contributed by atoms with Crippen LogP contribution in [-0.4, -0.2) is 24.9 Å². The molecule has 0 spiro atoms. The quantitative estimate of drug-likeness (QED) is 0.469. The summed E-state index contributed by atoms with van der Waals surface area (Å²) in [5, 5.41) is 13.4. The first-order chi connectivity index (χ1) is 13.1. The summed E-state index contributed by atoms with van der Waals surface area (Å²) < 4.78 is 11.7. The van der Waals surface area contributed by atoms with Crippen LogP contribution in [0.15, 0.2) is 36.4 Å². The Morgan fingerprint density at radius 1 is 0.963 bits per heavy atom. The Balaban J connectivity index is 1.93. The first kappa shape index (κ1) is 21.8. The fraction of sp³-hybridized carbons (Fsp3) is 0.429. The molecule has 0 radical (unpaired) electrons. The number of ether oxygens (including phenoxy) is 2. The van der Waals surface area contributed by atoms with Gasteiger partial charge in [0.05, 0.1) is 6.61 Å². The Bertz CT molecular complexity index is 710. The molecule has 6 heteroatoms. The van der Waals surface area contributed by atoms with Gasteiger partial charge in [-0.25, -0.2) is 0 Å². The SMILES string of the molecule is CCOc1cc(CNCCCCCO)ccc1OCc1ccc(Cl)cc1Cl. The summed E-state index contributed by atoms with van der Waals surface area (Å²) in [6.07, 6.45) is 2.95. The maximum absolute atomic E-state index is 8.79. The maximum Gasteiger partial charge on any atom is 0.161 e. The van der Waals surface area contributed by atoms with Crippen LogP contribution in [0.3, 0.4) is 0 Å². The molecule has 0 aliphatic rings. The van der Waals surface area contributed by atoms with Crippen molar-refractivity contribution in [1.82, 2.24) is 5.32 Å².